The molecule has 0 amide bonds. The first-order chi connectivity index (χ1) is 9.04. The molecule has 0 aliphatic carbocycles. The summed E-state index contributed by atoms with van der Waals surface area (Å²) in [4.78, 5) is 2.31. The molecule has 0 aromatic heterocycles. The average molecular weight is 266 g/mol. The van der Waals surface area contributed by atoms with Gasteiger partial charge in [0, 0.05) is 6.04 Å². The zero-order valence-electron chi connectivity index (χ0n) is 12.5. The van der Waals surface area contributed by atoms with Crippen molar-refractivity contribution < 1.29 is 4.39 Å². The maximum atomic E-state index is 13.5. The first-order valence-electron chi connectivity index (χ1n) is 7.24. The highest BCUT2D eigenvalue weighted by Gasteiger charge is 2.09. The predicted molar refractivity (Wildman–Crippen MR) is 79.7 cm³/mol. The van der Waals surface area contributed by atoms with Crippen LogP contribution in [-0.4, -0.2) is 25.0 Å². The average Bonchev–Trinajstić information content (AvgIpc) is 2.39. The molecule has 0 aliphatic rings. The summed E-state index contributed by atoms with van der Waals surface area (Å²) in [7, 11) is 2.12. The van der Waals surface area contributed by atoms with Crippen molar-refractivity contribution in [2.24, 2.45) is 5.73 Å². The van der Waals surface area contributed by atoms with Gasteiger partial charge < -0.3 is 10.6 Å². The lowest BCUT2D eigenvalue weighted by molar-refractivity contribution is 0.311. The quantitative estimate of drug-likeness (QED) is 0.728. The zero-order valence-corrected chi connectivity index (χ0v) is 12.5. The summed E-state index contributed by atoms with van der Waals surface area (Å²) in [5.74, 6) is -0.163. The number of hydrogen-bond donors (Lipinski definition) is 1. The molecule has 0 aliphatic heterocycles. The van der Waals surface area contributed by atoms with Crippen molar-refractivity contribution in [3.8, 4) is 0 Å². The van der Waals surface area contributed by atoms with Crippen LogP contribution in [0.3, 0.4) is 0 Å². The molecule has 2 nitrogen and oxygen atoms in total. The van der Waals surface area contributed by atoms with Crippen molar-refractivity contribution >= 4 is 0 Å². The minimum Gasteiger partial charge on any atom is -0.324 e. The first-order valence-corrected chi connectivity index (χ1v) is 7.24. The highest BCUT2D eigenvalue weighted by atomic mass is 19.1. The molecule has 0 saturated heterocycles. The third kappa shape index (κ3) is 5.70. The minimum absolute atomic E-state index is 0.0799. The number of unbranched alkanes of at least 4 members (excludes halogenated alkanes) is 2. The van der Waals surface area contributed by atoms with Gasteiger partial charge in [-0.2, -0.15) is 0 Å². The lowest BCUT2D eigenvalue weighted by atomic mass is 10.0. The van der Waals surface area contributed by atoms with Crippen LogP contribution in [0.25, 0.3) is 0 Å². The van der Waals surface area contributed by atoms with E-state index in [0.717, 1.165) is 25.1 Å². The van der Waals surface area contributed by atoms with Crippen LogP contribution in [0.2, 0.25) is 0 Å². The van der Waals surface area contributed by atoms with Crippen LogP contribution in [0.1, 0.15) is 49.8 Å². The number of nitrogens with two attached hydrogens (primary N) is 1. The van der Waals surface area contributed by atoms with Crippen LogP contribution < -0.4 is 5.73 Å². The van der Waals surface area contributed by atoms with Crippen molar-refractivity contribution in [2.45, 2.75) is 45.6 Å². The molecule has 1 aromatic rings. The molecule has 2 N–H and O–H groups in total. The maximum Gasteiger partial charge on any atom is 0.126 e. The molecule has 1 aromatic carbocycles. The van der Waals surface area contributed by atoms with Gasteiger partial charge in [0.15, 0.2) is 0 Å². The van der Waals surface area contributed by atoms with Crippen LogP contribution in [-0.2, 0) is 0 Å². The number of hydrogen-bond acceptors (Lipinski definition) is 2. The Balaban J connectivity index is 2.37. The lowest BCUT2D eigenvalue weighted by Gasteiger charge is -2.19. The Labute approximate surface area is 116 Å². The molecule has 0 radical (unpaired) electrons. The Morgan fingerprint density at radius 2 is 2.00 bits per heavy atom. The standard InChI is InChI=1S/C16H27FN2/c1-4-5-6-10-19(3)11-9-16(18)14-8-7-13(2)15(17)12-14/h7-8,12,16H,4-6,9-11,18H2,1-3H3. The number of benzene rings is 1. The topological polar surface area (TPSA) is 29.3 Å². The van der Waals surface area contributed by atoms with Crippen molar-refractivity contribution in [1.82, 2.24) is 4.90 Å². The molecule has 19 heavy (non-hydrogen) atoms. The van der Waals surface area contributed by atoms with Gasteiger partial charge in [0.1, 0.15) is 5.82 Å². The fraction of sp³-hybridized carbons (Fsp3) is 0.625. The Hall–Kier alpha value is -0.930. The Morgan fingerprint density at radius 3 is 2.63 bits per heavy atom. The summed E-state index contributed by atoms with van der Waals surface area (Å²) in [6.45, 7) is 6.05. The van der Waals surface area contributed by atoms with E-state index in [0.29, 0.717) is 5.56 Å². The van der Waals surface area contributed by atoms with Gasteiger partial charge in [-0.15, -0.1) is 0 Å². The second-order valence-corrected chi connectivity index (χ2v) is 5.41. The molecular weight excluding hydrogens is 239 g/mol. The van der Waals surface area contributed by atoms with Crippen LogP contribution in [0, 0.1) is 12.7 Å². The SMILES string of the molecule is CCCCCN(C)CCC(N)c1ccc(C)c(F)c1. The monoisotopic (exact) mass is 266 g/mol. The minimum atomic E-state index is -0.163. The van der Waals surface area contributed by atoms with Gasteiger partial charge in [0.05, 0.1) is 0 Å². The van der Waals surface area contributed by atoms with Crippen molar-refractivity contribution in [3.63, 3.8) is 0 Å². The maximum absolute atomic E-state index is 13.5. The van der Waals surface area contributed by atoms with Crippen LogP contribution >= 0.6 is 0 Å². The van der Waals surface area contributed by atoms with E-state index in [1.807, 2.05) is 6.07 Å². The lowest BCUT2D eigenvalue weighted by Crippen LogP contribution is -2.24. The number of rotatable bonds is 8. The van der Waals surface area contributed by atoms with E-state index >= 15 is 0 Å². The Bertz CT molecular complexity index is 379. The number of aryl methyl sites for hydroxylation is 1. The van der Waals surface area contributed by atoms with E-state index in [1.54, 1.807) is 19.1 Å². The molecule has 0 spiro atoms. The molecule has 0 saturated carbocycles. The summed E-state index contributed by atoms with van der Waals surface area (Å²) in [6, 6.07) is 5.22. The number of nitrogens with zero attached hydrogens (tertiary/aromatic N) is 1. The van der Waals surface area contributed by atoms with Gasteiger partial charge >= 0.3 is 0 Å². The van der Waals surface area contributed by atoms with Gasteiger partial charge in [-0.25, -0.2) is 4.39 Å². The largest absolute Gasteiger partial charge is 0.324 e. The van der Waals surface area contributed by atoms with Crippen LogP contribution in [0.15, 0.2) is 18.2 Å². The van der Waals surface area contributed by atoms with Crippen LogP contribution in [0.4, 0.5) is 4.39 Å². The highest BCUT2D eigenvalue weighted by Crippen LogP contribution is 2.17. The Morgan fingerprint density at radius 1 is 1.26 bits per heavy atom. The molecule has 108 valence electrons. The van der Waals surface area contributed by atoms with Gasteiger partial charge in [0.25, 0.3) is 0 Å². The second-order valence-electron chi connectivity index (χ2n) is 5.41. The van der Waals surface area contributed by atoms with E-state index in [-0.39, 0.29) is 11.9 Å². The van der Waals surface area contributed by atoms with E-state index in [2.05, 4.69) is 18.9 Å². The molecule has 1 atom stereocenters. The van der Waals surface area contributed by atoms with E-state index in [9.17, 15) is 4.39 Å². The smallest absolute Gasteiger partial charge is 0.126 e. The summed E-state index contributed by atoms with van der Waals surface area (Å²) in [5.41, 5.74) is 7.69. The zero-order chi connectivity index (χ0) is 14.3. The highest BCUT2D eigenvalue weighted by molar-refractivity contribution is 5.25. The third-order valence-electron chi connectivity index (χ3n) is 3.59. The summed E-state index contributed by atoms with van der Waals surface area (Å²) in [6.07, 6.45) is 4.63. The first kappa shape index (κ1) is 16.1. The molecule has 0 heterocycles. The van der Waals surface area contributed by atoms with Gasteiger partial charge in [0.2, 0.25) is 0 Å². The van der Waals surface area contributed by atoms with E-state index in [1.165, 1.54) is 19.3 Å². The molecule has 1 rings (SSSR count). The molecule has 1 unspecified atom stereocenters. The van der Waals surface area contributed by atoms with Crippen molar-refractivity contribution in [3.05, 3.63) is 35.1 Å². The van der Waals surface area contributed by atoms with Gasteiger partial charge in [-0.1, -0.05) is 31.9 Å². The normalized spacial score (nSPS) is 12.9. The van der Waals surface area contributed by atoms with Crippen LogP contribution in [0.5, 0.6) is 0 Å². The van der Waals surface area contributed by atoms with E-state index in [4.69, 9.17) is 5.73 Å². The molecule has 0 bridgehead atoms. The van der Waals surface area contributed by atoms with Gasteiger partial charge in [-0.05, 0) is 57.1 Å². The third-order valence-corrected chi connectivity index (χ3v) is 3.59. The molecule has 3 heteroatoms. The predicted octanol–water partition coefficient (Wildman–Crippen LogP) is 3.65. The van der Waals surface area contributed by atoms with Crippen molar-refractivity contribution in [1.29, 1.82) is 0 Å². The van der Waals surface area contributed by atoms with Gasteiger partial charge in [-0.3, -0.25) is 0 Å². The summed E-state index contributed by atoms with van der Waals surface area (Å²) < 4.78 is 13.5. The molecular formula is C16H27FN2. The Kier molecular flexibility index (Phi) is 7.03. The number of halogens is 1. The fourth-order valence-electron chi connectivity index (χ4n) is 2.11. The van der Waals surface area contributed by atoms with Crippen molar-refractivity contribution in [2.75, 3.05) is 20.1 Å². The second kappa shape index (κ2) is 8.28. The molecule has 0 fully saturated rings. The van der Waals surface area contributed by atoms with E-state index < -0.39 is 0 Å². The summed E-state index contributed by atoms with van der Waals surface area (Å²) >= 11 is 0. The summed E-state index contributed by atoms with van der Waals surface area (Å²) in [5, 5.41) is 0. The fourth-order valence-corrected chi connectivity index (χ4v) is 2.11.